The highest BCUT2D eigenvalue weighted by Crippen LogP contribution is 2.31. The van der Waals surface area contributed by atoms with Crippen LogP contribution in [0.4, 0.5) is 0 Å². The van der Waals surface area contributed by atoms with Gasteiger partial charge in [-0.15, -0.1) is 0 Å². The molecule has 6 aromatic carbocycles. The van der Waals surface area contributed by atoms with Crippen LogP contribution < -0.4 is 21.7 Å². The van der Waals surface area contributed by atoms with E-state index in [4.69, 9.17) is 0 Å². The zero-order valence-electron chi connectivity index (χ0n) is 17.9. The van der Waals surface area contributed by atoms with Gasteiger partial charge in [-0.25, -0.2) is 0 Å². The smallest absolute Gasteiger partial charge is 0.198 e. The van der Waals surface area contributed by atoms with E-state index in [-0.39, 0.29) is 59.9 Å². The zero-order valence-corrected chi connectivity index (χ0v) is 17.9. The first kappa shape index (κ1) is 19.4. The number of aromatic nitrogens is 2. The third-order valence-electron chi connectivity index (χ3n) is 6.78. The van der Waals surface area contributed by atoms with Gasteiger partial charge in [0.1, 0.15) is 5.52 Å². The van der Waals surface area contributed by atoms with Gasteiger partial charge in [-0.05, 0) is 18.2 Å². The van der Waals surface area contributed by atoms with Crippen LogP contribution in [-0.4, -0.2) is 15.1 Å². The molecule has 0 unspecified atom stereocenters. The Labute approximate surface area is 193 Å². The molecule has 0 radical (unpaired) electrons. The lowest BCUT2D eigenvalue weighted by atomic mass is 10.00. The van der Waals surface area contributed by atoms with E-state index in [1.165, 1.54) is 6.07 Å². The van der Waals surface area contributed by atoms with Gasteiger partial charge < -0.3 is 15.1 Å². The topological polar surface area (TPSA) is 120 Å². The summed E-state index contributed by atoms with van der Waals surface area (Å²) in [4.78, 5) is 58.7. The summed E-state index contributed by atoms with van der Waals surface area (Å²) in [7, 11) is 0. The minimum absolute atomic E-state index is 0.0664. The molecule has 3 N–H and O–H groups in total. The third kappa shape index (κ3) is 2.44. The molecule has 166 valence electrons. The van der Waals surface area contributed by atoms with Gasteiger partial charge in [0.15, 0.2) is 27.5 Å². The van der Waals surface area contributed by atoms with Crippen molar-refractivity contribution in [2.24, 2.45) is 0 Å². The van der Waals surface area contributed by atoms with Crippen molar-refractivity contribution >= 4 is 65.2 Å². The highest BCUT2D eigenvalue weighted by molar-refractivity contribution is 6.10. The molecule has 1 heterocycles. The Morgan fingerprint density at radius 1 is 0.486 bits per heavy atom. The molecule has 0 aliphatic heterocycles. The van der Waals surface area contributed by atoms with Crippen molar-refractivity contribution < 1.29 is 5.11 Å². The Morgan fingerprint density at radius 2 is 0.914 bits per heavy atom. The Balaban J connectivity index is 1.68. The third-order valence-corrected chi connectivity index (χ3v) is 6.78. The van der Waals surface area contributed by atoms with Gasteiger partial charge in [0.2, 0.25) is 0 Å². The van der Waals surface area contributed by atoms with E-state index in [9.17, 15) is 24.3 Å². The lowest BCUT2D eigenvalue weighted by Crippen LogP contribution is -2.14. The summed E-state index contributed by atoms with van der Waals surface area (Å²) in [5, 5.41) is 12.9. The lowest BCUT2D eigenvalue weighted by molar-refractivity contribution is 0.486. The van der Waals surface area contributed by atoms with Crippen LogP contribution in [0.1, 0.15) is 0 Å². The second kappa shape index (κ2) is 6.51. The number of rotatable bonds is 0. The number of phenols is 1. The molecule has 0 fully saturated rings. The van der Waals surface area contributed by atoms with Crippen molar-refractivity contribution in [2.45, 2.75) is 0 Å². The lowest BCUT2D eigenvalue weighted by Gasteiger charge is -2.10. The maximum atomic E-state index is 13.2. The summed E-state index contributed by atoms with van der Waals surface area (Å²) in [6, 6.07) is 17.9. The summed E-state index contributed by atoms with van der Waals surface area (Å²) < 4.78 is 0. The van der Waals surface area contributed by atoms with Crippen molar-refractivity contribution in [1.82, 2.24) is 9.97 Å². The first-order valence-electron chi connectivity index (χ1n) is 10.9. The molecule has 0 spiro atoms. The predicted octanol–water partition coefficient (Wildman–Crippen LogP) is 3.85. The fourth-order valence-corrected chi connectivity index (χ4v) is 5.09. The van der Waals surface area contributed by atoms with Crippen molar-refractivity contribution in [1.29, 1.82) is 0 Å². The molecule has 0 saturated carbocycles. The molecular weight excluding hydrogens is 444 g/mol. The van der Waals surface area contributed by atoms with Crippen LogP contribution in [0.15, 0.2) is 85.9 Å². The van der Waals surface area contributed by atoms with Crippen LogP contribution in [0.3, 0.4) is 0 Å². The van der Waals surface area contributed by atoms with E-state index < -0.39 is 5.43 Å². The van der Waals surface area contributed by atoms with Crippen molar-refractivity contribution in [3.63, 3.8) is 0 Å². The molecule has 1 aromatic heterocycles. The Hall–Kier alpha value is -5.04. The maximum Gasteiger partial charge on any atom is 0.198 e. The minimum atomic E-state index is -0.439. The standard InChI is InChI=1S/C28H14N2O5/c31-24-12-5-1-2-6-13(12)25(32)17-10-20-19(9-16(17)24)29-21-11-18-22(28(35)23(21)30-20)27(34)15-8-4-3-7-14(15)26(18)33/h1-11,29-30,35H. The number of hydrogen-bond acceptors (Lipinski definition) is 5. The summed E-state index contributed by atoms with van der Waals surface area (Å²) in [6.07, 6.45) is 0. The highest BCUT2D eigenvalue weighted by atomic mass is 16.3. The van der Waals surface area contributed by atoms with Gasteiger partial charge in [-0.1, -0.05) is 48.5 Å². The number of nitrogens with one attached hydrogen (secondary N) is 2. The number of aromatic amines is 2. The molecule has 0 bridgehead atoms. The van der Waals surface area contributed by atoms with Crippen LogP contribution in [0, 0.1) is 0 Å². The molecule has 7 rings (SSSR count). The zero-order chi connectivity index (χ0) is 24.0. The molecule has 7 heteroatoms. The average molecular weight is 458 g/mol. The second-order valence-corrected chi connectivity index (χ2v) is 8.67. The van der Waals surface area contributed by atoms with Crippen LogP contribution in [-0.2, 0) is 0 Å². The normalized spacial score (nSPS) is 12.0. The summed E-state index contributed by atoms with van der Waals surface area (Å²) in [6.45, 7) is 0. The molecule has 35 heavy (non-hydrogen) atoms. The van der Waals surface area contributed by atoms with Gasteiger partial charge in [0.25, 0.3) is 0 Å². The molecule has 0 aliphatic rings. The first-order valence-corrected chi connectivity index (χ1v) is 10.9. The van der Waals surface area contributed by atoms with Gasteiger partial charge in [-0.3, -0.25) is 19.2 Å². The van der Waals surface area contributed by atoms with Crippen LogP contribution in [0.2, 0.25) is 0 Å². The Bertz CT molecular complexity index is 2320. The van der Waals surface area contributed by atoms with Gasteiger partial charge in [-0.2, -0.15) is 0 Å². The molecule has 0 atom stereocenters. The van der Waals surface area contributed by atoms with Crippen LogP contribution in [0.5, 0.6) is 5.75 Å². The van der Waals surface area contributed by atoms with Crippen molar-refractivity contribution in [3.8, 4) is 5.75 Å². The SMILES string of the molecule is O=c1c2ccccc2c(=O)c2cc3[nH]c4c(O)c5c(=O)c6ccccc6c(=O)c5cc4[nH]c3cc12. The molecule has 7 aromatic rings. The minimum Gasteiger partial charge on any atom is -0.505 e. The van der Waals surface area contributed by atoms with Crippen LogP contribution >= 0.6 is 0 Å². The van der Waals surface area contributed by atoms with Gasteiger partial charge in [0.05, 0.1) is 21.9 Å². The molecule has 0 amide bonds. The van der Waals surface area contributed by atoms with E-state index in [2.05, 4.69) is 9.97 Å². The average Bonchev–Trinajstić information content (AvgIpc) is 2.88. The maximum absolute atomic E-state index is 13.2. The molecule has 7 nitrogen and oxygen atoms in total. The van der Waals surface area contributed by atoms with Gasteiger partial charge >= 0.3 is 0 Å². The number of hydrogen-bond donors (Lipinski definition) is 3. The summed E-state index contributed by atoms with van der Waals surface area (Å²) >= 11 is 0. The number of aromatic hydroxyl groups is 1. The Morgan fingerprint density at radius 3 is 1.46 bits per heavy atom. The van der Waals surface area contributed by atoms with Crippen molar-refractivity contribution in [3.05, 3.63) is 108 Å². The quantitative estimate of drug-likeness (QED) is 0.298. The van der Waals surface area contributed by atoms with E-state index in [1.807, 2.05) is 0 Å². The fraction of sp³-hybridized carbons (Fsp3) is 0. The number of fused-ring (bicyclic) bond motifs is 6. The fourth-order valence-electron chi connectivity index (χ4n) is 5.09. The number of H-pyrrole nitrogens is 2. The second-order valence-electron chi connectivity index (χ2n) is 8.67. The number of phenolic OH excluding ortho intramolecular Hbond substituents is 1. The highest BCUT2D eigenvalue weighted by Gasteiger charge is 2.18. The van der Waals surface area contributed by atoms with E-state index in [0.717, 1.165) is 0 Å². The van der Waals surface area contributed by atoms with E-state index >= 15 is 0 Å². The van der Waals surface area contributed by atoms with E-state index in [0.29, 0.717) is 27.3 Å². The molecule has 0 aliphatic carbocycles. The monoisotopic (exact) mass is 458 g/mol. The first-order chi connectivity index (χ1) is 16.9. The van der Waals surface area contributed by atoms with Gasteiger partial charge in [0, 0.05) is 37.7 Å². The Kier molecular flexibility index (Phi) is 3.62. The number of benzene rings is 6. The molecule has 0 saturated heterocycles. The summed E-state index contributed by atoms with van der Waals surface area (Å²) in [5.74, 6) is -0.353. The largest absolute Gasteiger partial charge is 0.505 e. The van der Waals surface area contributed by atoms with Crippen LogP contribution in [0.25, 0.3) is 65.2 Å². The predicted molar refractivity (Wildman–Crippen MR) is 138 cm³/mol. The molecular formula is C28H14N2O5. The van der Waals surface area contributed by atoms with Crippen molar-refractivity contribution in [2.75, 3.05) is 0 Å². The van der Waals surface area contributed by atoms with E-state index in [1.54, 1.807) is 60.7 Å². The summed E-state index contributed by atoms with van der Waals surface area (Å²) in [5.41, 5.74) is 0.243.